The zero-order chi connectivity index (χ0) is 12.2. The van der Waals surface area contributed by atoms with E-state index >= 15 is 0 Å². The number of hydrogen-bond donors (Lipinski definition) is 0. The Morgan fingerprint density at radius 2 is 1.31 bits per heavy atom. The standard InChI is InChI=1S/C8H18.C5H10O2.ClH/c1-3-5-7-8-6-4-2;1-5(2,3)7-4-6;/h3-8H2,1-2H3;4H,1-3H3;1H. The van der Waals surface area contributed by atoms with Gasteiger partial charge in [-0.25, -0.2) is 0 Å². The van der Waals surface area contributed by atoms with Crippen molar-refractivity contribution in [2.24, 2.45) is 0 Å². The molecule has 0 spiro atoms. The fraction of sp³-hybridized carbons (Fsp3) is 0.923. The summed E-state index contributed by atoms with van der Waals surface area (Å²) in [5.41, 5.74) is -0.318. The van der Waals surface area contributed by atoms with Crippen molar-refractivity contribution in [1.82, 2.24) is 0 Å². The van der Waals surface area contributed by atoms with Crippen LogP contribution in [0.25, 0.3) is 0 Å². The van der Waals surface area contributed by atoms with Gasteiger partial charge in [0.05, 0.1) is 0 Å². The van der Waals surface area contributed by atoms with Crippen LogP contribution < -0.4 is 0 Å². The highest BCUT2D eigenvalue weighted by Crippen LogP contribution is 2.03. The lowest BCUT2D eigenvalue weighted by Crippen LogP contribution is -2.17. The maximum Gasteiger partial charge on any atom is 0.293 e. The lowest BCUT2D eigenvalue weighted by molar-refractivity contribution is -0.138. The fourth-order valence-electron chi connectivity index (χ4n) is 0.998. The first-order chi connectivity index (χ1) is 6.97. The Morgan fingerprint density at radius 1 is 0.938 bits per heavy atom. The first-order valence-electron chi connectivity index (χ1n) is 6.09. The van der Waals surface area contributed by atoms with Gasteiger partial charge >= 0.3 is 0 Å². The average molecular weight is 253 g/mol. The zero-order valence-corrected chi connectivity index (χ0v) is 12.4. The minimum absolute atomic E-state index is 0. The molecular formula is C13H29ClO2. The first kappa shape index (κ1) is 21.1. The summed E-state index contributed by atoms with van der Waals surface area (Å²) in [5, 5.41) is 0. The summed E-state index contributed by atoms with van der Waals surface area (Å²) < 4.78 is 4.55. The van der Waals surface area contributed by atoms with Crippen LogP contribution in [0.4, 0.5) is 0 Å². The van der Waals surface area contributed by atoms with Crippen LogP contribution in [0.5, 0.6) is 0 Å². The molecule has 0 unspecified atom stereocenters. The molecule has 0 aliphatic carbocycles. The first-order valence-corrected chi connectivity index (χ1v) is 6.09. The topological polar surface area (TPSA) is 26.3 Å². The van der Waals surface area contributed by atoms with E-state index in [2.05, 4.69) is 18.6 Å². The van der Waals surface area contributed by atoms with Crippen LogP contribution in [0.1, 0.15) is 73.1 Å². The third-order valence-corrected chi connectivity index (χ3v) is 1.86. The fourth-order valence-corrected chi connectivity index (χ4v) is 0.998. The van der Waals surface area contributed by atoms with Gasteiger partial charge in [0.1, 0.15) is 5.60 Å². The van der Waals surface area contributed by atoms with E-state index in [0.29, 0.717) is 6.47 Å². The number of hydrogen-bond acceptors (Lipinski definition) is 2. The third-order valence-electron chi connectivity index (χ3n) is 1.86. The maximum atomic E-state index is 9.60. The summed E-state index contributed by atoms with van der Waals surface area (Å²) in [6, 6.07) is 0. The quantitative estimate of drug-likeness (QED) is 0.504. The maximum absolute atomic E-state index is 9.60. The SMILES string of the molecule is CC(C)(C)OC=O.CCCCCCCC.Cl. The third kappa shape index (κ3) is 29.2. The normalized spacial score (nSPS) is 9.56. The van der Waals surface area contributed by atoms with Crippen molar-refractivity contribution >= 4 is 18.9 Å². The highest BCUT2D eigenvalue weighted by atomic mass is 35.5. The summed E-state index contributed by atoms with van der Waals surface area (Å²) >= 11 is 0. The predicted octanol–water partition coefficient (Wildman–Crippen LogP) is 4.75. The molecule has 0 amide bonds. The monoisotopic (exact) mass is 252 g/mol. The minimum atomic E-state index is -0.318. The van der Waals surface area contributed by atoms with Crippen LogP contribution in [-0.4, -0.2) is 12.1 Å². The van der Waals surface area contributed by atoms with Gasteiger partial charge in [0, 0.05) is 0 Å². The van der Waals surface area contributed by atoms with E-state index in [4.69, 9.17) is 0 Å². The van der Waals surface area contributed by atoms with Crippen LogP contribution in [-0.2, 0) is 9.53 Å². The summed E-state index contributed by atoms with van der Waals surface area (Å²) in [6.07, 6.45) is 8.49. The lowest BCUT2D eigenvalue weighted by Gasteiger charge is -2.14. The van der Waals surface area contributed by atoms with E-state index in [-0.39, 0.29) is 18.0 Å². The average Bonchev–Trinajstić information content (AvgIpc) is 2.12. The van der Waals surface area contributed by atoms with Gasteiger partial charge in [-0.1, -0.05) is 52.4 Å². The highest BCUT2D eigenvalue weighted by molar-refractivity contribution is 5.85. The smallest absolute Gasteiger partial charge is 0.293 e. The van der Waals surface area contributed by atoms with Gasteiger partial charge < -0.3 is 4.74 Å². The number of carbonyl (C=O) groups excluding carboxylic acids is 1. The molecule has 2 nitrogen and oxygen atoms in total. The van der Waals surface area contributed by atoms with E-state index in [1.807, 2.05) is 20.8 Å². The van der Waals surface area contributed by atoms with E-state index < -0.39 is 0 Å². The molecule has 16 heavy (non-hydrogen) atoms. The molecule has 0 aliphatic heterocycles. The summed E-state index contributed by atoms with van der Waals surface area (Å²) in [4.78, 5) is 9.60. The van der Waals surface area contributed by atoms with Crippen molar-refractivity contribution in [3.63, 3.8) is 0 Å². The Labute approximate surface area is 108 Å². The van der Waals surface area contributed by atoms with E-state index in [1.54, 1.807) is 0 Å². The molecule has 3 heteroatoms. The number of halogens is 1. The number of rotatable bonds is 6. The Hall–Kier alpha value is -0.240. The van der Waals surface area contributed by atoms with E-state index in [0.717, 1.165) is 0 Å². The second-order valence-electron chi connectivity index (χ2n) is 4.74. The number of unbranched alkanes of at least 4 members (excludes halogenated alkanes) is 5. The molecule has 0 fully saturated rings. The molecule has 0 aromatic heterocycles. The molecule has 0 radical (unpaired) electrons. The molecule has 0 saturated carbocycles. The summed E-state index contributed by atoms with van der Waals surface area (Å²) in [5.74, 6) is 0. The van der Waals surface area contributed by atoms with Gasteiger partial charge in [0.15, 0.2) is 0 Å². The minimum Gasteiger partial charge on any atom is -0.462 e. The Balaban J connectivity index is -0.000000200. The van der Waals surface area contributed by atoms with Crippen molar-refractivity contribution < 1.29 is 9.53 Å². The van der Waals surface area contributed by atoms with Gasteiger partial charge in [0.2, 0.25) is 0 Å². The van der Waals surface area contributed by atoms with Crippen molar-refractivity contribution in [2.75, 3.05) is 0 Å². The van der Waals surface area contributed by atoms with Crippen molar-refractivity contribution in [3.8, 4) is 0 Å². The van der Waals surface area contributed by atoms with E-state index in [9.17, 15) is 4.79 Å². The molecular weight excluding hydrogens is 224 g/mol. The Bertz CT molecular complexity index is 124. The highest BCUT2D eigenvalue weighted by Gasteiger charge is 2.07. The van der Waals surface area contributed by atoms with Crippen LogP contribution in [0.15, 0.2) is 0 Å². The molecule has 0 atom stereocenters. The zero-order valence-electron chi connectivity index (χ0n) is 11.5. The van der Waals surface area contributed by atoms with Crippen molar-refractivity contribution in [1.29, 1.82) is 0 Å². The molecule has 0 aromatic carbocycles. The molecule has 0 N–H and O–H groups in total. The second kappa shape index (κ2) is 14.8. The molecule has 0 aromatic rings. The Kier molecular flexibility index (Phi) is 19.5. The predicted molar refractivity (Wildman–Crippen MR) is 73.2 cm³/mol. The van der Waals surface area contributed by atoms with Gasteiger partial charge in [0.25, 0.3) is 6.47 Å². The molecule has 100 valence electrons. The molecule has 0 aliphatic rings. The van der Waals surface area contributed by atoms with Crippen molar-refractivity contribution in [3.05, 3.63) is 0 Å². The number of carbonyl (C=O) groups is 1. The summed E-state index contributed by atoms with van der Waals surface area (Å²) in [7, 11) is 0. The van der Waals surface area contributed by atoms with Gasteiger partial charge in [-0.3, -0.25) is 4.79 Å². The largest absolute Gasteiger partial charge is 0.462 e. The van der Waals surface area contributed by atoms with Crippen LogP contribution in [0, 0.1) is 0 Å². The number of ether oxygens (including phenoxy) is 1. The van der Waals surface area contributed by atoms with Gasteiger partial charge in [-0.2, -0.15) is 0 Å². The van der Waals surface area contributed by atoms with Crippen LogP contribution in [0.2, 0.25) is 0 Å². The van der Waals surface area contributed by atoms with Crippen molar-refractivity contribution in [2.45, 2.75) is 78.7 Å². The van der Waals surface area contributed by atoms with Crippen LogP contribution in [0.3, 0.4) is 0 Å². The molecule has 0 rings (SSSR count). The second-order valence-corrected chi connectivity index (χ2v) is 4.74. The molecule has 0 bridgehead atoms. The van der Waals surface area contributed by atoms with Gasteiger partial charge in [-0.15, -0.1) is 12.4 Å². The summed E-state index contributed by atoms with van der Waals surface area (Å²) in [6.45, 7) is 10.4. The van der Waals surface area contributed by atoms with E-state index in [1.165, 1.54) is 38.5 Å². The Morgan fingerprint density at radius 3 is 1.44 bits per heavy atom. The lowest BCUT2D eigenvalue weighted by atomic mass is 10.1. The van der Waals surface area contributed by atoms with Gasteiger partial charge in [-0.05, 0) is 20.8 Å². The molecule has 0 heterocycles. The molecule has 0 saturated heterocycles. The van der Waals surface area contributed by atoms with Crippen LogP contribution >= 0.6 is 12.4 Å².